The number of hydrogen-bond acceptors (Lipinski definition) is 1. The first-order valence-corrected chi connectivity index (χ1v) is 7.41. The number of rotatable bonds is 4. The smallest absolute Gasteiger partial charge is 0.147 e. The number of carbonyl (C=O) groups excluding carboxylic acids is 1. The standard InChI is InChI=1S/C17H17IO/c1-17(2,14-6-4-3-5-7-14)16(19)12-13-8-10-15(18)11-9-13/h3-11H,12H2,1-2H3. The zero-order valence-electron chi connectivity index (χ0n) is 11.2. The van der Waals surface area contributed by atoms with Crippen LogP contribution in [0.5, 0.6) is 0 Å². The van der Waals surface area contributed by atoms with Crippen molar-refractivity contribution in [2.24, 2.45) is 0 Å². The van der Waals surface area contributed by atoms with Crippen molar-refractivity contribution >= 4 is 28.4 Å². The van der Waals surface area contributed by atoms with Crippen LogP contribution in [0, 0.1) is 3.57 Å². The SMILES string of the molecule is CC(C)(C(=O)Cc1ccc(I)cc1)c1ccccc1. The fourth-order valence-electron chi connectivity index (χ4n) is 2.02. The summed E-state index contributed by atoms with van der Waals surface area (Å²) >= 11 is 2.27. The fraction of sp³-hybridized carbons (Fsp3) is 0.235. The lowest BCUT2D eigenvalue weighted by Crippen LogP contribution is -2.30. The van der Waals surface area contributed by atoms with Gasteiger partial charge in [0.15, 0.2) is 0 Å². The predicted molar refractivity (Wildman–Crippen MR) is 87.3 cm³/mol. The minimum absolute atomic E-state index is 0.250. The molecule has 0 amide bonds. The second-order valence-corrected chi connectivity index (χ2v) is 6.46. The Hall–Kier alpha value is -1.16. The van der Waals surface area contributed by atoms with Crippen LogP contribution in [0.15, 0.2) is 54.6 Å². The van der Waals surface area contributed by atoms with Gasteiger partial charge >= 0.3 is 0 Å². The van der Waals surface area contributed by atoms with E-state index in [2.05, 4.69) is 22.6 Å². The van der Waals surface area contributed by atoms with Crippen molar-refractivity contribution in [3.8, 4) is 0 Å². The highest BCUT2D eigenvalue weighted by Crippen LogP contribution is 2.25. The van der Waals surface area contributed by atoms with Gasteiger partial charge < -0.3 is 0 Å². The highest BCUT2D eigenvalue weighted by Gasteiger charge is 2.28. The molecule has 0 aromatic heterocycles. The Morgan fingerprint density at radius 1 is 1.00 bits per heavy atom. The number of hydrogen-bond donors (Lipinski definition) is 0. The maximum Gasteiger partial charge on any atom is 0.147 e. The van der Waals surface area contributed by atoms with Crippen LogP contribution in [0.25, 0.3) is 0 Å². The Labute approximate surface area is 128 Å². The molecule has 0 saturated heterocycles. The Kier molecular flexibility index (Phi) is 4.40. The van der Waals surface area contributed by atoms with Crippen molar-refractivity contribution in [1.29, 1.82) is 0 Å². The Morgan fingerprint density at radius 3 is 2.16 bits per heavy atom. The van der Waals surface area contributed by atoms with Crippen molar-refractivity contribution in [2.45, 2.75) is 25.7 Å². The maximum atomic E-state index is 12.5. The van der Waals surface area contributed by atoms with Gasteiger partial charge in [-0.15, -0.1) is 0 Å². The molecule has 2 heteroatoms. The zero-order chi connectivity index (χ0) is 13.9. The van der Waals surface area contributed by atoms with E-state index in [1.807, 2.05) is 68.4 Å². The molecule has 98 valence electrons. The third-order valence-corrected chi connectivity index (χ3v) is 4.19. The van der Waals surface area contributed by atoms with Gasteiger partial charge in [-0.05, 0) is 59.7 Å². The summed E-state index contributed by atoms with van der Waals surface area (Å²) in [6.45, 7) is 3.99. The third-order valence-electron chi connectivity index (χ3n) is 3.47. The minimum Gasteiger partial charge on any atom is -0.298 e. The highest BCUT2D eigenvalue weighted by molar-refractivity contribution is 14.1. The van der Waals surface area contributed by atoms with Gasteiger partial charge in [0.2, 0.25) is 0 Å². The van der Waals surface area contributed by atoms with E-state index in [0.717, 1.165) is 11.1 Å². The number of Topliss-reactive ketones (excluding diaryl/α,β-unsaturated/α-hetero) is 1. The summed E-state index contributed by atoms with van der Waals surface area (Å²) in [6.07, 6.45) is 0.485. The normalized spacial score (nSPS) is 11.3. The van der Waals surface area contributed by atoms with Crippen LogP contribution in [0.2, 0.25) is 0 Å². The Morgan fingerprint density at radius 2 is 1.58 bits per heavy atom. The molecule has 0 saturated carbocycles. The average Bonchev–Trinajstić information content (AvgIpc) is 2.42. The van der Waals surface area contributed by atoms with Gasteiger partial charge in [0.1, 0.15) is 5.78 Å². The first-order chi connectivity index (χ1) is 9.00. The van der Waals surface area contributed by atoms with Crippen LogP contribution in [0.3, 0.4) is 0 Å². The van der Waals surface area contributed by atoms with Crippen molar-refractivity contribution in [3.05, 3.63) is 69.3 Å². The van der Waals surface area contributed by atoms with Gasteiger partial charge in [-0.2, -0.15) is 0 Å². The van der Waals surface area contributed by atoms with Crippen LogP contribution in [-0.4, -0.2) is 5.78 Å². The van der Waals surface area contributed by atoms with Crippen LogP contribution < -0.4 is 0 Å². The van der Waals surface area contributed by atoms with E-state index >= 15 is 0 Å². The molecule has 19 heavy (non-hydrogen) atoms. The lowest BCUT2D eigenvalue weighted by molar-refractivity contribution is -0.122. The Balaban J connectivity index is 2.17. The molecule has 0 N–H and O–H groups in total. The molecule has 2 aromatic rings. The quantitative estimate of drug-likeness (QED) is 0.736. The number of benzene rings is 2. The zero-order valence-corrected chi connectivity index (χ0v) is 13.3. The van der Waals surface area contributed by atoms with E-state index < -0.39 is 5.41 Å². The molecule has 0 atom stereocenters. The topological polar surface area (TPSA) is 17.1 Å². The molecule has 2 aromatic carbocycles. The summed E-state index contributed by atoms with van der Waals surface area (Å²) in [6, 6.07) is 18.1. The fourth-order valence-corrected chi connectivity index (χ4v) is 2.38. The molecular formula is C17H17IO. The van der Waals surface area contributed by atoms with Gasteiger partial charge in [0.05, 0.1) is 0 Å². The lowest BCUT2D eigenvalue weighted by Gasteiger charge is -2.23. The van der Waals surface area contributed by atoms with Crippen LogP contribution >= 0.6 is 22.6 Å². The highest BCUT2D eigenvalue weighted by atomic mass is 127. The average molecular weight is 364 g/mol. The van der Waals surface area contributed by atoms with E-state index in [0.29, 0.717) is 6.42 Å². The molecule has 0 aliphatic carbocycles. The second kappa shape index (κ2) is 5.87. The van der Waals surface area contributed by atoms with E-state index in [9.17, 15) is 4.79 Å². The minimum atomic E-state index is -0.440. The van der Waals surface area contributed by atoms with Gasteiger partial charge in [0, 0.05) is 15.4 Å². The summed E-state index contributed by atoms with van der Waals surface area (Å²) in [4.78, 5) is 12.5. The molecular weight excluding hydrogens is 347 g/mol. The molecule has 0 spiro atoms. The first-order valence-electron chi connectivity index (χ1n) is 6.33. The van der Waals surface area contributed by atoms with E-state index in [1.54, 1.807) is 0 Å². The Bertz CT molecular complexity index is 556. The lowest BCUT2D eigenvalue weighted by atomic mass is 9.78. The molecule has 0 aliphatic rings. The van der Waals surface area contributed by atoms with Gasteiger partial charge in [-0.3, -0.25) is 4.79 Å². The molecule has 2 rings (SSSR count). The summed E-state index contributed by atoms with van der Waals surface area (Å²) in [5, 5.41) is 0. The van der Waals surface area contributed by atoms with Crippen LogP contribution in [0.1, 0.15) is 25.0 Å². The van der Waals surface area contributed by atoms with Crippen molar-refractivity contribution in [1.82, 2.24) is 0 Å². The summed E-state index contributed by atoms with van der Waals surface area (Å²) in [5.74, 6) is 0.250. The molecule has 0 unspecified atom stereocenters. The number of carbonyl (C=O) groups is 1. The number of halogens is 1. The number of ketones is 1. The monoisotopic (exact) mass is 364 g/mol. The molecule has 0 aliphatic heterocycles. The largest absolute Gasteiger partial charge is 0.298 e. The van der Waals surface area contributed by atoms with Crippen molar-refractivity contribution in [2.75, 3.05) is 0 Å². The molecule has 0 bridgehead atoms. The van der Waals surface area contributed by atoms with Gasteiger partial charge in [0.25, 0.3) is 0 Å². The van der Waals surface area contributed by atoms with Crippen molar-refractivity contribution < 1.29 is 4.79 Å². The third kappa shape index (κ3) is 3.44. The van der Waals surface area contributed by atoms with Crippen LogP contribution in [-0.2, 0) is 16.6 Å². The van der Waals surface area contributed by atoms with Gasteiger partial charge in [-0.1, -0.05) is 42.5 Å². The first kappa shape index (κ1) is 14.3. The maximum absolute atomic E-state index is 12.5. The van der Waals surface area contributed by atoms with E-state index in [-0.39, 0.29) is 5.78 Å². The van der Waals surface area contributed by atoms with E-state index in [4.69, 9.17) is 0 Å². The second-order valence-electron chi connectivity index (χ2n) is 5.22. The predicted octanol–water partition coefficient (Wildman–Crippen LogP) is 4.38. The molecule has 0 radical (unpaired) electrons. The molecule has 1 nitrogen and oxygen atoms in total. The molecule has 0 heterocycles. The van der Waals surface area contributed by atoms with E-state index in [1.165, 1.54) is 3.57 Å². The molecule has 0 fully saturated rings. The van der Waals surface area contributed by atoms with Crippen molar-refractivity contribution in [3.63, 3.8) is 0 Å². The summed E-state index contributed by atoms with van der Waals surface area (Å²) < 4.78 is 1.19. The summed E-state index contributed by atoms with van der Waals surface area (Å²) in [5.41, 5.74) is 1.71. The van der Waals surface area contributed by atoms with Gasteiger partial charge in [-0.25, -0.2) is 0 Å². The van der Waals surface area contributed by atoms with Crippen LogP contribution in [0.4, 0.5) is 0 Å². The summed E-state index contributed by atoms with van der Waals surface area (Å²) in [7, 11) is 0.